The molecule has 3 aromatic carbocycles. The van der Waals surface area contributed by atoms with Gasteiger partial charge in [0.2, 0.25) is 0 Å². The molecule has 0 radical (unpaired) electrons. The molecule has 26 heavy (non-hydrogen) atoms. The monoisotopic (exact) mass is 357 g/mol. The Morgan fingerprint density at radius 1 is 0.808 bits per heavy atom. The van der Waals surface area contributed by atoms with Crippen LogP contribution in [0, 0.1) is 6.92 Å². The molecule has 4 aromatic rings. The lowest BCUT2D eigenvalue weighted by Crippen LogP contribution is -2.03. The molecule has 0 fully saturated rings. The minimum absolute atomic E-state index is 0.703. The van der Waals surface area contributed by atoms with E-state index in [1.54, 1.807) is 11.8 Å². The largest absolute Gasteiger partial charge is 0.233 e. The Hall–Kier alpha value is -2.85. The minimum atomic E-state index is 0.703. The highest BCUT2D eigenvalue weighted by Crippen LogP contribution is 2.35. The summed E-state index contributed by atoms with van der Waals surface area (Å²) < 4.78 is 1.99. The molecule has 0 aliphatic heterocycles. The Morgan fingerprint density at radius 3 is 2.15 bits per heavy atom. The van der Waals surface area contributed by atoms with Crippen molar-refractivity contribution >= 4 is 11.8 Å². The summed E-state index contributed by atoms with van der Waals surface area (Å²) in [7, 11) is 0. The van der Waals surface area contributed by atoms with Crippen LogP contribution in [-0.4, -0.2) is 15.0 Å². The highest BCUT2D eigenvalue weighted by atomic mass is 32.2. The maximum absolute atomic E-state index is 4.49. The van der Waals surface area contributed by atoms with Gasteiger partial charge >= 0.3 is 0 Å². The Bertz CT molecular complexity index is 977. The smallest absolute Gasteiger partial charge is 0.128 e. The van der Waals surface area contributed by atoms with Crippen LogP contribution in [0.15, 0.2) is 94.9 Å². The van der Waals surface area contributed by atoms with Crippen molar-refractivity contribution in [3.8, 4) is 11.3 Å². The van der Waals surface area contributed by atoms with Crippen LogP contribution >= 0.6 is 11.8 Å². The maximum atomic E-state index is 4.49. The molecule has 4 heteroatoms. The Kier molecular flexibility index (Phi) is 4.84. The fraction of sp³-hybridized carbons (Fsp3) is 0.0909. The van der Waals surface area contributed by atoms with Gasteiger partial charge in [-0.15, -0.1) is 5.10 Å². The zero-order valence-corrected chi connectivity index (χ0v) is 15.4. The van der Waals surface area contributed by atoms with Crippen molar-refractivity contribution in [2.75, 3.05) is 0 Å². The van der Waals surface area contributed by atoms with Gasteiger partial charge in [-0.05, 0) is 24.6 Å². The normalized spacial score (nSPS) is 10.8. The minimum Gasteiger partial charge on any atom is -0.233 e. The van der Waals surface area contributed by atoms with Gasteiger partial charge in [0.25, 0.3) is 0 Å². The fourth-order valence-electron chi connectivity index (χ4n) is 2.76. The zero-order chi connectivity index (χ0) is 17.8. The van der Waals surface area contributed by atoms with E-state index in [0.717, 1.165) is 16.3 Å². The first-order chi connectivity index (χ1) is 12.8. The van der Waals surface area contributed by atoms with Crippen molar-refractivity contribution in [3.05, 3.63) is 96.1 Å². The molecular weight excluding hydrogens is 338 g/mol. The summed E-state index contributed by atoms with van der Waals surface area (Å²) in [5, 5.41) is 9.99. The number of nitrogens with zero attached hydrogens (tertiary/aromatic N) is 3. The van der Waals surface area contributed by atoms with E-state index in [-0.39, 0.29) is 0 Å². The van der Waals surface area contributed by atoms with E-state index in [1.807, 2.05) is 28.9 Å². The van der Waals surface area contributed by atoms with Crippen LogP contribution in [0.25, 0.3) is 11.3 Å². The second-order valence-electron chi connectivity index (χ2n) is 6.17. The van der Waals surface area contributed by atoms with E-state index in [1.165, 1.54) is 16.0 Å². The molecule has 0 aliphatic rings. The van der Waals surface area contributed by atoms with Crippen molar-refractivity contribution in [1.29, 1.82) is 0 Å². The maximum Gasteiger partial charge on any atom is 0.128 e. The number of hydrogen-bond acceptors (Lipinski definition) is 3. The van der Waals surface area contributed by atoms with Crippen LogP contribution in [0.3, 0.4) is 0 Å². The van der Waals surface area contributed by atoms with Gasteiger partial charge in [-0.3, -0.25) is 0 Å². The van der Waals surface area contributed by atoms with Crippen molar-refractivity contribution in [1.82, 2.24) is 15.0 Å². The van der Waals surface area contributed by atoms with Crippen molar-refractivity contribution in [2.45, 2.75) is 23.4 Å². The molecule has 0 spiro atoms. The van der Waals surface area contributed by atoms with Crippen LogP contribution < -0.4 is 0 Å². The van der Waals surface area contributed by atoms with Crippen molar-refractivity contribution in [3.63, 3.8) is 0 Å². The standard InChI is InChI=1S/C22H19N3S/c1-17-12-14-20(15-13-17)26-22-21(19-10-6-3-7-11-19)23-24-25(22)16-18-8-4-2-5-9-18/h2-15H,16H2,1H3. The lowest BCUT2D eigenvalue weighted by Gasteiger charge is -2.08. The Labute approximate surface area is 157 Å². The van der Waals surface area contributed by atoms with Crippen molar-refractivity contribution < 1.29 is 0 Å². The van der Waals surface area contributed by atoms with E-state index < -0.39 is 0 Å². The van der Waals surface area contributed by atoms with Gasteiger partial charge in [0.1, 0.15) is 10.7 Å². The molecular formula is C22H19N3S. The third kappa shape index (κ3) is 3.70. The lowest BCUT2D eigenvalue weighted by atomic mass is 10.2. The number of rotatable bonds is 5. The van der Waals surface area contributed by atoms with Gasteiger partial charge in [0.05, 0.1) is 6.54 Å². The van der Waals surface area contributed by atoms with Gasteiger partial charge in [-0.2, -0.15) is 0 Å². The predicted molar refractivity (Wildman–Crippen MR) is 106 cm³/mol. The molecule has 0 unspecified atom stereocenters. The summed E-state index contributed by atoms with van der Waals surface area (Å²) in [5.74, 6) is 0. The molecule has 0 N–H and O–H groups in total. The third-order valence-electron chi connectivity index (χ3n) is 4.15. The predicted octanol–water partition coefficient (Wildman–Crippen LogP) is 5.45. The number of aromatic nitrogens is 3. The second-order valence-corrected chi connectivity index (χ2v) is 7.23. The van der Waals surface area contributed by atoms with Gasteiger partial charge < -0.3 is 0 Å². The fourth-order valence-corrected chi connectivity index (χ4v) is 3.72. The summed E-state index contributed by atoms with van der Waals surface area (Å²) in [6.45, 7) is 2.81. The quantitative estimate of drug-likeness (QED) is 0.476. The summed E-state index contributed by atoms with van der Waals surface area (Å²) >= 11 is 1.71. The van der Waals surface area contributed by atoms with Gasteiger partial charge in [0, 0.05) is 10.5 Å². The van der Waals surface area contributed by atoms with Gasteiger partial charge in [0.15, 0.2) is 0 Å². The van der Waals surface area contributed by atoms with E-state index in [4.69, 9.17) is 0 Å². The van der Waals surface area contributed by atoms with E-state index in [0.29, 0.717) is 6.54 Å². The average molecular weight is 357 g/mol. The molecule has 1 aromatic heterocycles. The molecule has 0 bridgehead atoms. The summed E-state index contributed by atoms with van der Waals surface area (Å²) in [5.41, 5.74) is 4.48. The first-order valence-electron chi connectivity index (χ1n) is 8.57. The molecule has 128 valence electrons. The van der Waals surface area contributed by atoms with E-state index in [9.17, 15) is 0 Å². The first-order valence-corrected chi connectivity index (χ1v) is 9.38. The highest BCUT2D eigenvalue weighted by molar-refractivity contribution is 7.99. The number of hydrogen-bond donors (Lipinski definition) is 0. The molecule has 0 atom stereocenters. The molecule has 0 amide bonds. The average Bonchev–Trinajstić information content (AvgIpc) is 3.07. The number of aryl methyl sites for hydroxylation is 1. The van der Waals surface area contributed by atoms with Crippen LogP contribution in [0.2, 0.25) is 0 Å². The zero-order valence-electron chi connectivity index (χ0n) is 14.5. The highest BCUT2D eigenvalue weighted by Gasteiger charge is 2.16. The second kappa shape index (κ2) is 7.58. The molecule has 1 heterocycles. The van der Waals surface area contributed by atoms with Crippen molar-refractivity contribution in [2.24, 2.45) is 0 Å². The molecule has 0 saturated carbocycles. The molecule has 3 nitrogen and oxygen atoms in total. The van der Waals surface area contributed by atoms with Crippen LogP contribution in [0.1, 0.15) is 11.1 Å². The third-order valence-corrected chi connectivity index (χ3v) is 5.25. The lowest BCUT2D eigenvalue weighted by molar-refractivity contribution is 0.604. The summed E-state index contributed by atoms with van der Waals surface area (Å²) in [4.78, 5) is 1.18. The van der Waals surface area contributed by atoms with Crippen LogP contribution in [0.4, 0.5) is 0 Å². The topological polar surface area (TPSA) is 30.7 Å². The summed E-state index contributed by atoms with van der Waals surface area (Å²) in [6, 6.07) is 29.2. The van der Waals surface area contributed by atoms with Crippen LogP contribution in [0.5, 0.6) is 0 Å². The Morgan fingerprint density at radius 2 is 1.46 bits per heavy atom. The number of benzene rings is 3. The molecule has 4 rings (SSSR count). The first kappa shape index (κ1) is 16.6. The SMILES string of the molecule is Cc1ccc(Sc2c(-c3ccccc3)nnn2Cc2ccccc2)cc1. The van der Waals surface area contributed by atoms with Gasteiger partial charge in [-0.1, -0.05) is 95.3 Å². The molecule has 0 saturated heterocycles. The Balaban J connectivity index is 1.74. The van der Waals surface area contributed by atoms with Crippen LogP contribution in [-0.2, 0) is 6.54 Å². The van der Waals surface area contributed by atoms with Gasteiger partial charge in [-0.25, -0.2) is 4.68 Å². The van der Waals surface area contributed by atoms with E-state index >= 15 is 0 Å². The summed E-state index contributed by atoms with van der Waals surface area (Å²) in [6.07, 6.45) is 0. The van der Waals surface area contributed by atoms with E-state index in [2.05, 4.69) is 77.9 Å². The molecule has 0 aliphatic carbocycles.